The van der Waals surface area contributed by atoms with Gasteiger partial charge in [0, 0.05) is 30.6 Å². The second-order valence-electron chi connectivity index (χ2n) is 7.03. The zero-order valence-electron chi connectivity index (χ0n) is 18.0. The third-order valence-corrected chi connectivity index (χ3v) is 5.52. The van der Waals surface area contributed by atoms with Crippen molar-refractivity contribution in [3.63, 3.8) is 0 Å². The van der Waals surface area contributed by atoms with E-state index in [-0.39, 0.29) is 34.5 Å². The van der Waals surface area contributed by atoms with Crippen molar-refractivity contribution in [1.29, 1.82) is 0 Å². The molecule has 0 aliphatic rings. The zero-order chi connectivity index (χ0) is 23.1. The van der Waals surface area contributed by atoms with E-state index >= 15 is 0 Å². The largest absolute Gasteiger partial charge is 0.495 e. The molecule has 3 rings (SSSR count). The molecule has 0 aliphatic carbocycles. The summed E-state index contributed by atoms with van der Waals surface area (Å²) in [6.45, 7) is 4.79. The number of halogens is 1. The van der Waals surface area contributed by atoms with Gasteiger partial charge in [-0.2, -0.15) is 0 Å². The molecule has 0 aliphatic heterocycles. The van der Waals surface area contributed by atoms with Crippen molar-refractivity contribution in [2.24, 2.45) is 0 Å². The Labute approximate surface area is 194 Å². The van der Waals surface area contributed by atoms with Crippen molar-refractivity contribution in [3.05, 3.63) is 46.0 Å². The fraction of sp³-hybridized carbons (Fsp3) is 0.381. The SMILES string of the molecule is COc1ccc(Cl)cc1NC(=O)CSc1nc2nccnc2c(=O)n1CCCOC(C)C. The Hall–Kier alpha value is -2.69. The number of methoxy groups -OCH3 is 1. The van der Waals surface area contributed by atoms with Crippen LogP contribution < -0.4 is 15.6 Å². The Morgan fingerprint density at radius 2 is 2.06 bits per heavy atom. The van der Waals surface area contributed by atoms with Crippen LogP contribution >= 0.6 is 23.4 Å². The van der Waals surface area contributed by atoms with Gasteiger partial charge in [-0.3, -0.25) is 14.2 Å². The molecule has 170 valence electrons. The number of carbonyl (C=O) groups is 1. The summed E-state index contributed by atoms with van der Waals surface area (Å²) in [7, 11) is 1.51. The lowest BCUT2D eigenvalue weighted by atomic mass is 10.3. The highest BCUT2D eigenvalue weighted by Gasteiger charge is 2.16. The fourth-order valence-corrected chi connectivity index (χ4v) is 3.86. The minimum atomic E-state index is -0.299. The molecule has 1 N–H and O–H groups in total. The van der Waals surface area contributed by atoms with E-state index in [2.05, 4.69) is 20.3 Å². The minimum Gasteiger partial charge on any atom is -0.495 e. The van der Waals surface area contributed by atoms with Crippen LogP contribution in [0.15, 0.2) is 40.5 Å². The Kier molecular flexibility index (Phi) is 8.43. The second kappa shape index (κ2) is 11.3. The van der Waals surface area contributed by atoms with Gasteiger partial charge < -0.3 is 14.8 Å². The number of ether oxygens (including phenoxy) is 2. The van der Waals surface area contributed by atoms with Gasteiger partial charge in [0.15, 0.2) is 16.3 Å². The van der Waals surface area contributed by atoms with Gasteiger partial charge in [0.25, 0.3) is 5.56 Å². The monoisotopic (exact) mass is 477 g/mol. The molecular weight excluding hydrogens is 454 g/mol. The lowest BCUT2D eigenvalue weighted by Gasteiger charge is -2.14. The molecule has 1 aromatic carbocycles. The molecule has 0 atom stereocenters. The highest BCUT2D eigenvalue weighted by Crippen LogP contribution is 2.28. The number of nitrogens with zero attached hydrogens (tertiary/aromatic N) is 4. The predicted molar refractivity (Wildman–Crippen MR) is 125 cm³/mol. The van der Waals surface area contributed by atoms with Crippen LogP contribution in [0.3, 0.4) is 0 Å². The van der Waals surface area contributed by atoms with Crippen molar-refractivity contribution in [1.82, 2.24) is 19.5 Å². The van der Waals surface area contributed by atoms with Crippen molar-refractivity contribution < 1.29 is 14.3 Å². The van der Waals surface area contributed by atoms with E-state index in [1.165, 1.54) is 24.1 Å². The summed E-state index contributed by atoms with van der Waals surface area (Å²) in [5.41, 5.74) is 0.597. The number of carbonyl (C=O) groups excluding carboxylic acids is 1. The Bertz CT molecular complexity index is 1150. The average molecular weight is 478 g/mol. The van der Waals surface area contributed by atoms with Gasteiger partial charge in [-0.25, -0.2) is 15.0 Å². The Morgan fingerprint density at radius 1 is 1.28 bits per heavy atom. The highest BCUT2D eigenvalue weighted by molar-refractivity contribution is 7.99. The summed E-state index contributed by atoms with van der Waals surface area (Å²) < 4.78 is 12.3. The molecule has 2 aromatic heterocycles. The molecule has 0 saturated heterocycles. The van der Waals surface area contributed by atoms with Gasteiger partial charge in [-0.05, 0) is 38.5 Å². The number of thioether (sulfide) groups is 1. The summed E-state index contributed by atoms with van der Waals surface area (Å²) in [5.74, 6) is 0.226. The van der Waals surface area contributed by atoms with Crippen LogP contribution in [-0.4, -0.2) is 51.0 Å². The first-order valence-electron chi connectivity index (χ1n) is 9.98. The second-order valence-corrected chi connectivity index (χ2v) is 8.41. The van der Waals surface area contributed by atoms with Crippen LogP contribution in [0.2, 0.25) is 5.02 Å². The molecule has 0 saturated carbocycles. The maximum absolute atomic E-state index is 13.0. The van der Waals surface area contributed by atoms with Gasteiger partial charge in [-0.15, -0.1) is 0 Å². The smallest absolute Gasteiger partial charge is 0.282 e. The van der Waals surface area contributed by atoms with Crippen molar-refractivity contribution in [2.45, 2.75) is 38.1 Å². The number of rotatable bonds is 10. The van der Waals surface area contributed by atoms with Crippen LogP contribution in [0.25, 0.3) is 11.2 Å². The van der Waals surface area contributed by atoms with E-state index in [9.17, 15) is 9.59 Å². The lowest BCUT2D eigenvalue weighted by molar-refractivity contribution is -0.113. The molecule has 32 heavy (non-hydrogen) atoms. The molecule has 1 amide bonds. The third kappa shape index (κ3) is 6.18. The number of hydrogen-bond acceptors (Lipinski definition) is 8. The summed E-state index contributed by atoms with van der Waals surface area (Å²) in [4.78, 5) is 38.2. The van der Waals surface area contributed by atoms with Crippen molar-refractivity contribution >= 4 is 46.1 Å². The van der Waals surface area contributed by atoms with Gasteiger partial charge in [0.05, 0.1) is 24.7 Å². The summed E-state index contributed by atoms with van der Waals surface area (Å²) in [6.07, 6.45) is 3.65. The standard InChI is InChI=1S/C21H24ClN5O4S/c1-13(2)31-10-4-9-27-20(29)18-19(24-8-7-23-18)26-21(27)32-12-17(28)25-15-11-14(22)5-6-16(15)30-3/h5-8,11,13H,4,9-10,12H2,1-3H3,(H,25,28). The van der Waals surface area contributed by atoms with Gasteiger partial charge in [-0.1, -0.05) is 23.4 Å². The van der Waals surface area contributed by atoms with E-state index in [1.807, 2.05) is 13.8 Å². The maximum Gasteiger partial charge on any atom is 0.282 e. The zero-order valence-corrected chi connectivity index (χ0v) is 19.6. The van der Waals surface area contributed by atoms with Crippen LogP contribution in [0, 0.1) is 0 Å². The molecule has 0 unspecified atom stereocenters. The molecule has 2 heterocycles. The first-order valence-corrected chi connectivity index (χ1v) is 11.3. The van der Waals surface area contributed by atoms with Crippen LogP contribution in [-0.2, 0) is 16.1 Å². The molecule has 0 bridgehead atoms. The molecule has 3 aromatic rings. The molecule has 11 heteroatoms. The van der Waals surface area contributed by atoms with Gasteiger partial charge in [0.1, 0.15) is 5.75 Å². The molecule has 0 fully saturated rings. The molecule has 0 radical (unpaired) electrons. The minimum absolute atomic E-state index is 0.0242. The number of hydrogen-bond donors (Lipinski definition) is 1. The number of anilines is 1. The summed E-state index contributed by atoms with van der Waals surface area (Å²) in [6, 6.07) is 4.95. The van der Waals surface area contributed by atoms with Gasteiger partial charge in [0.2, 0.25) is 5.91 Å². The Balaban J connectivity index is 1.78. The third-order valence-electron chi connectivity index (χ3n) is 4.30. The quantitative estimate of drug-likeness (QED) is 0.269. The highest BCUT2D eigenvalue weighted by atomic mass is 35.5. The van der Waals surface area contributed by atoms with Crippen LogP contribution in [0.5, 0.6) is 5.75 Å². The Morgan fingerprint density at radius 3 is 2.81 bits per heavy atom. The normalized spacial score (nSPS) is 11.2. The number of benzene rings is 1. The average Bonchev–Trinajstić information content (AvgIpc) is 2.76. The molecule has 0 spiro atoms. The number of fused-ring (bicyclic) bond motifs is 1. The lowest BCUT2D eigenvalue weighted by Crippen LogP contribution is -2.26. The van der Waals surface area contributed by atoms with E-state index in [1.54, 1.807) is 18.2 Å². The van der Waals surface area contributed by atoms with E-state index in [0.29, 0.717) is 41.2 Å². The number of nitrogens with one attached hydrogen (secondary N) is 1. The first kappa shape index (κ1) is 24.0. The van der Waals surface area contributed by atoms with Crippen molar-refractivity contribution in [2.75, 3.05) is 24.8 Å². The van der Waals surface area contributed by atoms with Crippen LogP contribution in [0.1, 0.15) is 20.3 Å². The van der Waals surface area contributed by atoms with E-state index in [0.717, 1.165) is 11.8 Å². The predicted octanol–water partition coefficient (Wildman–Crippen LogP) is 3.39. The van der Waals surface area contributed by atoms with Gasteiger partial charge >= 0.3 is 0 Å². The summed E-state index contributed by atoms with van der Waals surface area (Å²) >= 11 is 7.16. The topological polar surface area (TPSA) is 108 Å². The summed E-state index contributed by atoms with van der Waals surface area (Å²) in [5, 5.41) is 3.64. The first-order chi connectivity index (χ1) is 15.4. The molecule has 9 nitrogen and oxygen atoms in total. The number of amides is 1. The molecular formula is C21H24ClN5O4S. The van der Waals surface area contributed by atoms with E-state index in [4.69, 9.17) is 21.1 Å². The fourth-order valence-electron chi connectivity index (χ4n) is 2.87. The van der Waals surface area contributed by atoms with E-state index < -0.39 is 0 Å². The van der Waals surface area contributed by atoms with Crippen molar-refractivity contribution in [3.8, 4) is 5.75 Å². The number of aromatic nitrogens is 4. The van der Waals surface area contributed by atoms with Crippen LogP contribution in [0.4, 0.5) is 5.69 Å². The maximum atomic E-state index is 13.0.